The summed E-state index contributed by atoms with van der Waals surface area (Å²) in [4.78, 5) is 3.92. The first-order valence-electron chi connectivity index (χ1n) is 9.21. The maximum Gasteiger partial charge on any atom is 0.266 e. The van der Waals surface area contributed by atoms with Crippen LogP contribution in [0.3, 0.4) is 0 Å². The lowest BCUT2D eigenvalue weighted by molar-refractivity contribution is -0.659. The van der Waals surface area contributed by atoms with E-state index in [4.69, 9.17) is 0 Å². The quantitative estimate of drug-likeness (QED) is 0.512. The van der Waals surface area contributed by atoms with Gasteiger partial charge in [0.05, 0.1) is 10.7 Å². The molecule has 1 aromatic heterocycles. The molecule has 0 N–H and O–H groups in total. The van der Waals surface area contributed by atoms with Gasteiger partial charge in [-0.1, -0.05) is 47.4 Å². The summed E-state index contributed by atoms with van der Waals surface area (Å²) in [6.45, 7) is 4.59. The summed E-state index contributed by atoms with van der Waals surface area (Å²) in [5, 5.41) is 2.94. The lowest BCUT2D eigenvalue weighted by atomic mass is 10.0. The average molecular weight is 376 g/mol. The van der Waals surface area contributed by atoms with Crippen LogP contribution in [0.15, 0.2) is 69.6 Å². The van der Waals surface area contributed by atoms with E-state index >= 15 is 0 Å². The molecule has 0 spiro atoms. The highest BCUT2D eigenvalue weighted by Gasteiger charge is 2.36. The largest absolute Gasteiger partial charge is 0.334 e. The molecule has 0 unspecified atom stereocenters. The highest BCUT2D eigenvalue weighted by molar-refractivity contribution is 8.03. The van der Waals surface area contributed by atoms with E-state index in [9.17, 15) is 0 Å². The second-order valence-corrected chi connectivity index (χ2v) is 9.20. The molecule has 0 amide bonds. The van der Waals surface area contributed by atoms with Crippen LogP contribution in [-0.4, -0.2) is 6.54 Å². The van der Waals surface area contributed by atoms with E-state index in [0.717, 1.165) is 25.9 Å². The van der Waals surface area contributed by atoms with Crippen molar-refractivity contribution in [2.45, 2.75) is 31.2 Å². The molecule has 2 aromatic carbocycles. The fraction of sp³-hybridized carbons (Fsp3) is 0.227. The van der Waals surface area contributed by atoms with Gasteiger partial charge in [0, 0.05) is 29.5 Å². The van der Waals surface area contributed by atoms with E-state index in [2.05, 4.69) is 64.9 Å². The molecule has 3 aliphatic heterocycles. The molecular weight excluding hydrogens is 356 g/mol. The van der Waals surface area contributed by atoms with Crippen LogP contribution < -0.4 is 9.47 Å². The Balaban J connectivity index is 1.49. The molecule has 0 aliphatic carbocycles. The number of thiazole rings is 1. The fourth-order valence-electron chi connectivity index (χ4n) is 4.50. The smallest absolute Gasteiger partial charge is 0.266 e. The molecule has 0 saturated heterocycles. The van der Waals surface area contributed by atoms with Gasteiger partial charge in [-0.25, -0.2) is 0 Å². The van der Waals surface area contributed by atoms with E-state index in [-0.39, 0.29) is 0 Å². The Hall–Kier alpha value is -2.04. The van der Waals surface area contributed by atoms with Crippen molar-refractivity contribution >= 4 is 44.6 Å². The zero-order valence-electron chi connectivity index (χ0n) is 14.7. The van der Waals surface area contributed by atoms with Crippen LogP contribution in [0, 0.1) is 0 Å². The highest BCUT2D eigenvalue weighted by Crippen LogP contribution is 2.52. The predicted molar refractivity (Wildman–Crippen MR) is 111 cm³/mol. The second kappa shape index (κ2) is 5.48. The molecule has 3 aromatic rings. The summed E-state index contributed by atoms with van der Waals surface area (Å²) in [5.74, 6) is 0. The van der Waals surface area contributed by atoms with Crippen molar-refractivity contribution in [3.8, 4) is 0 Å². The number of benzene rings is 2. The Labute approximate surface area is 161 Å². The molecule has 0 saturated carbocycles. The third-order valence-electron chi connectivity index (χ3n) is 5.81. The number of thioether (sulfide) groups is 1. The van der Waals surface area contributed by atoms with Gasteiger partial charge in [-0.15, -0.1) is 0 Å². The summed E-state index contributed by atoms with van der Waals surface area (Å²) in [6.07, 6.45) is 2.33. The molecule has 6 rings (SSSR count). The molecular formula is C22H19N2S2+. The molecule has 0 atom stereocenters. The summed E-state index contributed by atoms with van der Waals surface area (Å²) >= 11 is 3.91. The third kappa shape index (κ3) is 1.97. The molecule has 4 heterocycles. The van der Waals surface area contributed by atoms with Crippen LogP contribution in [0.2, 0.25) is 0 Å². The molecule has 0 radical (unpaired) electrons. The van der Waals surface area contributed by atoms with Crippen molar-refractivity contribution in [3.63, 3.8) is 0 Å². The van der Waals surface area contributed by atoms with Gasteiger partial charge >= 0.3 is 0 Å². The molecule has 0 fully saturated rings. The van der Waals surface area contributed by atoms with Crippen LogP contribution >= 0.6 is 23.1 Å². The Kier molecular flexibility index (Phi) is 3.17. The lowest BCUT2D eigenvalue weighted by Gasteiger charge is -2.13. The van der Waals surface area contributed by atoms with Crippen molar-refractivity contribution in [1.29, 1.82) is 0 Å². The van der Waals surface area contributed by atoms with Gasteiger partial charge in [0.25, 0.3) is 5.01 Å². The van der Waals surface area contributed by atoms with E-state index in [0.29, 0.717) is 0 Å². The number of hydrogen-bond donors (Lipinski definition) is 0. The number of rotatable bonds is 1. The van der Waals surface area contributed by atoms with Crippen molar-refractivity contribution in [3.05, 3.63) is 69.7 Å². The van der Waals surface area contributed by atoms with Gasteiger partial charge in [-0.2, -0.15) is 4.57 Å². The second-order valence-electron chi connectivity index (χ2n) is 7.14. The minimum Gasteiger partial charge on any atom is -0.334 e. The zero-order chi connectivity index (χ0) is 17.3. The van der Waals surface area contributed by atoms with Crippen LogP contribution in [0.5, 0.6) is 0 Å². The van der Waals surface area contributed by atoms with Crippen molar-refractivity contribution in [2.75, 3.05) is 11.4 Å². The molecule has 4 heteroatoms. The predicted octanol–water partition coefficient (Wildman–Crippen LogP) is 5.59. The van der Waals surface area contributed by atoms with Gasteiger partial charge in [0.1, 0.15) is 4.70 Å². The molecule has 2 nitrogen and oxygen atoms in total. The maximum atomic E-state index is 2.52. The normalized spacial score (nSPS) is 20.0. The topological polar surface area (TPSA) is 7.12 Å². The summed E-state index contributed by atoms with van der Waals surface area (Å²) in [6, 6.07) is 17.6. The minimum atomic E-state index is 1.12. The summed E-state index contributed by atoms with van der Waals surface area (Å²) < 4.78 is 3.92. The minimum absolute atomic E-state index is 1.12. The number of aromatic nitrogens is 1. The number of nitrogens with zero attached hydrogens (tertiary/aromatic N) is 2. The SMILES string of the molecule is C/C(C1=C2Sc3ccccc3N2CC1)=C1/CC[n+]2c1sc1ccccc12. The Morgan fingerprint density at radius 3 is 2.85 bits per heavy atom. The number of allylic oxidation sites excluding steroid dienone is 2. The van der Waals surface area contributed by atoms with Gasteiger partial charge in [-0.05, 0) is 42.7 Å². The standard InChI is InChI=1S/C22H19N2S2/c1-14(15-10-12-23-17-6-2-4-8-19(17)25-21(15)23)16-11-13-24-18-7-3-5-9-20(18)26-22(16)24/h2-9H,10-13H2,1H3/q+1. The van der Waals surface area contributed by atoms with E-state index < -0.39 is 0 Å². The molecule has 26 heavy (non-hydrogen) atoms. The first kappa shape index (κ1) is 15.1. The third-order valence-corrected chi connectivity index (χ3v) is 8.26. The van der Waals surface area contributed by atoms with E-state index in [1.54, 1.807) is 11.1 Å². The van der Waals surface area contributed by atoms with Gasteiger partial charge in [0.15, 0.2) is 6.54 Å². The van der Waals surface area contributed by atoms with Crippen LogP contribution in [0.1, 0.15) is 24.8 Å². The Morgan fingerprint density at radius 1 is 1.04 bits per heavy atom. The van der Waals surface area contributed by atoms with Crippen LogP contribution in [0.4, 0.5) is 5.69 Å². The van der Waals surface area contributed by atoms with Gasteiger partial charge in [0.2, 0.25) is 5.52 Å². The number of hydrogen-bond acceptors (Lipinski definition) is 3. The van der Waals surface area contributed by atoms with E-state index in [1.165, 1.54) is 36.4 Å². The van der Waals surface area contributed by atoms with Crippen LogP contribution in [0.25, 0.3) is 15.8 Å². The maximum absolute atomic E-state index is 2.52. The zero-order valence-corrected chi connectivity index (χ0v) is 16.3. The van der Waals surface area contributed by atoms with Gasteiger partial charge < -0.3 is 4.90 Å². The number of para-hydroxylation sites is 2. The van der Waals surface area contributed by atoms with Crippen molar-refractivity contribution < 1.29 is 4.57 Å². The molecule has 128 valence electrons. The lowest BCUT2D eigenvalue weighted by Crippen LogP contribution is -2.30. The number of aryl methyl sites for hydroxylation is 1. The molecule has 0 bridgehead atoms. The summed E-state index contributed by atoms with van der Waals surface area (Å²) in [7, 11) is 0. The Morgan fingerprint density at radius 2 is 1.88 bits per heavy atom. The highest BCUT2D eigenvalue weighted by atomic mass is 32.2. The average Bonchev–Trinajstić information content (AvgIpc) is 3.40. The first-order valence-corrected chi connectivity index (χ1v) is 10.8. The van der Waals surface area contributed by atoms with Crippen molar-refractivity contribution in [1.82, 2.24) is 0 Å². The Bertz CT molecular complexity index is 1140. The summed E-state index contributed by atoms with van der Waals surface area (Å²) in [5.41, 5.74) is 7.42. The first-order chi connectivity index (χ1) is 12.8. The molecule has 3 aliphatic rings. The number of fused-ring (bicyclic) bond motifs is 6. The van der Waals surface area contributed by atoms with Crippen LogP contribution in [-0.2, 0) is 6.54 Å². The number of anilines is 1. The van der Waals surface area contributed by atoms with E-state index in [1.807, 2.05) is 23.1 Å². The fourth-order valence-corrected chi connectivity index (χ4v) is 7.13. The monoisotopic (exact) mass is 375 g/mol. The van der Waals surface area contributed by atoms with Gasteiger partial charge in [-0.3, -0.25) is 0 Å². The van der Waals surface area contributed by atoms with Crippen molar-refractivity contribution in [2.24, 2.45) is 0 Å².